The molecule has 0 amide bonds. The molecule has 1 aromatic heterocycles. The van der Waals surface area contributed by atoms with Crippen LogP contribution in [0, 0.1) is 12.3 Å². The Balaban J connectivity index is 1.99. The van der Waals surface area contributed by atoms with Crippen molar-refractivity contribution in [3.8, 4) is 0 Å². The molecule has 0 aliphatic carbocycles. The van der Waals surface area contributed by atoms with Crippen molar-refractivity contribution in [2.75, 3.05) is 6.54 Å². The van der Waals surface area contributed by atoms with Gasteiger partial charge in [0.05, 0.1) is 18.1 Å². The second kappa shape index (κ2) is 3.82. The van der Waals surface area contributed by atoms with E-state index in [1.54, 1.807) is 0 Å². The molecule has 2 rings (SSSR count). The molecule has 4 heteroatoms. The van der Waals surface area contributed by atoms with Crippen molar-refractivity contribution in [1.29, 1.82) is 5.41 Å². The van der Waals surface area contributed by atoms with Crippen LogP contribution in [-0.4, -0.2) is 22.4 Å². The Morgan fingerprint density at radius 2 is 2.43 bits per heavy atom. The first-order chi connectivity index (χ1) is 6.75. The predicted molar refractivity (Wildman–Crippen MR) is 53.2 cm³/mol. The summed E-state index contributed by atoms with van der Waals surface area (Å²) >= 11 is 0. The monoisotopic (exact) mass is 193 g/mol. The largest absolute Gasteiger partial charge is 0.359 e. The molecular weight excluding hydrogens is 178 g/mol. The molecule has 2 heterocycles. The van der Waals surface area contributed by atoms with E-state index in [0.717, 1.165) is 36.7 Å². The Morgan fingerprint density at radius 1 is 1.57 bits per heavy atom. The second-order valence-electron chi connectivity index (χ2n) is 3.76. The first kappa shape index (κ1) is 9.24. The lowest BCUT2D eigenvalue weighted by atomic mass is 10.1. The molecule has 0 saturated carbocycles. The minimum atomic E-state index is 0.694. The minimum Gasteiger partial charge on any atom is -0.359 e. The van der Waals surface area contributed by atoms with Gasteiger partial charge in [0.2, 0.25) is 0 Å². The van der Waals surface area contributed by atoms with Crippen LogP contribution in [0.4, 0.5) is 0 Å². The summed E-state index contributed by atoms with van der Waals surface area (Å²) in [6.45, 7) is 3.58. The van der Waals surface area contributed by atoms with Crippen molar-refractivity contribution in [3.05, 3.63) is 17.5 Å². The summed E-state index contributed by atoms with van der Waals surface area (Å²) in [5, 5.41) is 11.6. The predicted octanol–water partition coefficient (Wildman–Crippen LogP) is 1.95. The van der Waals surface area contributed by atoms with Crippen LogP contribution in [0.5, 0.6) is 0 Å². The zero-order chi connectivity index (χ0) is 9.97. The molecule has 1 aliphatic heterocycles. The number of nitrogens with zero attached hydrogens (tertiary/aromatic N) is 2. The lowest BCUT2D eigenvalue weighted by molar-refractivity contribution is 0.297. The van der Waals surface area contributed by atoms with E-state index in [-0.39, 0.29) is 0 Å². The fourth-order valence-corrected chi connectivity index (χ4v) is 1.74. The molecule has 1 N–H and O–H groups in total. The molecule has 1 aliphatic rings. The van der Waals surface area contributed by atoms with Crippen LogP contribution in [0.1, 0.15) is 30.7 Å². The topological polar surface area (TPSA) is 53.1 Å². The number of hydrogen-bond acceptors (Lipinski definition) is 3. The van der Waals surface area contributed by atoms with Gasteiger partial charge in [0.25, 0.3) is 0 Å². The Kier molecular flexibility index (Phi) is 2.52. The third-order valence-corrected chi connectivity index (χ3v) is 2.50. The summed E-state index contributed by atoms with van der Waals surface area (Å²) in [4.78, 5) is 2.06. The summed E-state index contributed by atoms with van der Waals surface area (Å²) in [6.07, 6.45) is 3.22. The average molecular weight is 193 g/mol. The van der Waals surface area contributed by atoms with E-state index < -0.39 is 0 Å². The van der Waals surface area contributed by atoms with Crippen molar-refractivity contribution < 1.29 is 4.52 Å². The molecule has 1 saturated heterocycles. The van der Waals surface area contributed by atoms with Crippen LogP contribution in [0.25, 0.3) is 0 Å². The first-order valence-corrected chi connectivity index (χ1v) is 5.00. The van der Waals surface area contributed by atoms with Gasteiger partial charge in [-0.3, -0.25) is 5.41 Å². The minimum absolute atomic E-state index is 0.694. The normalized spacial score (nSPS) is 17.5. The van der Waals surface area contributed by atoms with Gasteiger partial charge in [-0.2, -0.15) is 0 Å². The van der Waals surface area contributed by atoms with Gasteiger partial charge in [-0.25, -0.2) is 0 Å². The maximum absolute atomic E-state index is 7.77. The Morgan fingerprint density at radius 3 is 3.07 bits per heavy atom. The molecule has 76 valence electrons. The van der Waals surface area contributed by atoms with E-state index in [0.29, 0.717) is 6.54 Å². The van der Waals surface area contributed by atoms with E-state index >= 15 is 0 Å². The number of amidine groups is 1. The zero-order valence-electron chi connectivity index (χ0n) is 8.42. The highest BCUT2D eigenvalue weighted by atomic mass is 16.5. The molecule has 0 spiro atoms. The maximum Gasteiger partial charge on any atom is 0.156 e. The van der Waals surface area contributed by atoms with E-state index in [9.17, 15) is 0 Å². The number of aromatic nitrogens is 1. The molecule has 0 unspecified atom stereocenters. The van der Waals surface area contributed by atoms with Crippen LogP contribution in [0.2, 0.25) is 0 Å². The highest BCUT2D eigenvalue weighted by Crippen LogP contribution is 2.14. The van der Waals surface area contributed by atoms with Crippen molar-refractivity contribution >= 4 is 5.84 Å². The third kappa shape index (κ3) is 1.95. The Bertz CT molecular complexity index is 332. The standard InChI is InChI=1S/C10H15N3O/c1-8-6-9(14-12-8)7-13-5-3-2-4-10(13)11/h6,11H,2-5,7H2,1H3. The lowest BCUT2D eigenvalue weighted by Crippen LogP contribution is -2.33. The number of nitrogens with one attached hydrogen (secondary N) is 1. The molecule has 0 radical (unpaired) electrons. The lowest BCUT2D eigenvalue weighted by Gasteiger charge is -2.28. The summed E-state index contributed by atoms with van der Waals surface area (Å²) < 4.78 is 5.13. The SMILES string of the molecule is Cc1cc(CN2CCCCC2=N)on1. The van der Waals surface area contributed by atoms with Gasteiger partial charge >= 0.3 is 0 Å². The number of hydrogen-bond donors (Lipinski definition) is 1. The highest BCUT2D eigenvalue weighted by Gasteiger charge is 2.16. The van der Waals surface area contributed by atoms with Gasteiger partial charge in [0, 0.05) is 19.0 Å². The maximum atomic E-state index is 7.77. The highest BCUT2D eigenvalue weighted by molar-refractivity contribution is 5.79. The number of piperidine rings is 1. The fraction of sp³-hybridized carbons (Fsp3) is 0.600. The second-order valence-corrected chi connectivity index (χ2v) is 3.76. The molecule has 4 nitrogen and oxygen atoms in total. The van der Waals surface area contributed by atoms with Gasteiger partial charge in [-0.15, -0.1) is 0 Å². The Hall–Kier alpha value is -1.32. The average Bonchev–Trinajstić information content (AvgIpc) is 2.56. The number of likely N-dealkylation sites (tertiary alicyclic amines) is 1. The summed E-state index contributed by atoms with van der Waals surface area (Å²) in [7, 11) is 0. The molecule has 1 aromatic rings. The Labute approximate surface area is 83.4 Å². The van der Waals surface area contributed by atoms with Gasteiger partial charge in [0.15, 0.2) is 5.76 Å². The molecule has 14 heavy (non-hydrogen) atoms. The van der Waals surface area contributed by atoms with Gasteiger partial charge < -0.3 is 9.42 Å². The van der Waals surface area contributed by atoms with E-state index in [2.05, 4.69) is 10.1 Å². The van der Waals surface area contributed by atoms with E-state index in [1.165, 1.54) is 6.42 Å². The number of aryl methyl sites for hydroxylation is 1. The van der Waals surface area contributed by atoms with Gasteiger partial charge in [-0.05, 0) is 19.8 Å². The van der Waals surface area contributed by atoms with Crippen molar-refractivity contribution in [1.82, 2.24) is 10.1 Å². The molecule has 0 atom stereocenters. The van der Waals surface area contributed by atoms with Crippen LogP contribution in [-0.2, 0) is 6.54 Å². The van der Waals surface area contributed by atoms with Crippen molar-refractivity contribution in [2.24, 2.45) is 0 Å². The van der Waals surface area contributed by atoms with Gasteiger partial charge in [0.1, 0.15) is 0 Å². The summed E-state index contributed by atoms with van der Waals surface area (Å²) in [6, 6.07) is 1.93. The van der Waals surface area contributed by atoms with Crippen LogP contribution in [0.3, 0.4) is 0 Å². The van der Waals surface area contributed by atoms with E-state index in [1.807, 2.05) is 13.0 Å². The van der Waals surface area contributed by atoms with Crippen LogP contribution >= 0.6 is 0 Å². The zero-order valence-corrected chi connectivity index (χ0v) is 8.42. The fourth-order valence-electron chi connectivity index (χ4n) is 1.74. The third-order valence-electron chi connectivity index (χ3n) is 2.50. The molecular formula is C10H15N3O. The smallest absolute Gasteiger partial charge is 0.156 e. The van der Waals surface area contributed by atoms with Crippen LogP contribution in [0.15, 0.2) is 10.6 Å². The van der Waals surface area contributed by atoms with Crippen molar-refractivity contribution in [3.63, 3.8) is 0 Å². The van der Waals surface area contributed by atoms with Crippen LogP contribution < -0.4 is 0 Å². The molecule has 0 bridgehead atoms. The van der Waals surface area contributed by atoms with E-state index in [4.69, 9.17) is 9.93 Å². The summed E-state index contributed by atoms with van der Waals surface area (Å²) in [5.74, 6) is 1.58. The quantitative estimate of drug-likeness (QED) is 0.781. The molecule has 1 fully saturated rings. The first-order valence-electron chi connectivity index (χ1n) is 5.00. The molecule has 0 aromatic carbocycles. The van der Waals surface area contributed by atoms with Crippen molar-refractivity contribution in [2.45, 2.75) is 32.7 Å². The number of rotatable bonds is 2. The summed E-state index contributed by atoms with van der Waals surface area (Å²) in [5.41, 5.74) is 0.906. The van der Waals surface area contributed by atoms with Gasteiger partial charge in [-0.1, -0.05) is 5.16 Å².